The molecule has 0 radical (unpaired) electrons. The summed E-state index contributed by atoms with van der Waals surface area (Å²) in [5.74, 6) is 1.16. The fraction of sp³-hybridized carbons (Fsp3) is 0.148. The summed E-state index contributed by atoms with van der Waals surface area (Å²) in [4.78, 5) is 26.7. The molecule has 2 aromatic carbocycles. The first-order valence-electron chi connectivity index (χ1n) is 11.1. The van der Waals surface area contributed by atoms with Crippen LogP contribution in [-0.2, 0) is 13.5 Å². The number of aromatic nitrogens is 5. The van der Waals surface area contributed by atoms with Crippen molar-refractivity contribution >= 4 is 39.9 Å². The number of fused-ring (bicyclic) bond motifs is 1. The third-order valence-electron chi connectivity index (χ3n) is 5.93. The molecule has 35 heavy (non-hydrogen) atoms. The van der Waals surface area contributed by atoms with Crippen molar-refractivity contribution in [1.29, 1.82) is 0 Å². The number of ketones is 1. The van der Waals surface area contributed by atoms with Crippen LogP contribution in [0.25, 0.3) is 22.4 Å². The summed E-state index contributed by atoms with van der Waals surface area (Å²) < 4.78 is 1.71. The fourth-order valence-corrected chi connectivity index (χ4v) is 4.04. The number of rotatable bonds is 6. The number of nitrogens with zero attached hydrogens (tertiary/aromatic N) is 5. The van der Waals surface area contributed by atoms with Crippen LogP contribution in [0.4, 0.5) is 11.5 Å². The number of halogens is 1. The molecule has 0 aliphatic rings. The molecule has 0 saturated heterocycles. The molecule has 3 aromatic heterocycles. The molecule has 0 bridgehead atoms. The maximum absolute atomic E-state index is 13.1. The summed E-state index contributed by atoms with van der Waals surface area (Å²) in [5, 5.41) is 9.22. The number of benzene rings is 2. The molecule has 174 valence electrons. The molecule has 7 nitrogen and oxygen atoms in total. The number of aryl methyl sites for hydroxylation is 3. The van der Waals surface area contributed by atoms with Gasteiger partial charge in [-0.25, -0.2) is 9.97 Å². The Morgan fingerprint density at radius 3 is 2.63 bits per heavy atom. The van der Waals surface area contributed by atoms with Crippen molar-refractivity contribution in [1.82, 2.24) is 24.7 Å². The Labute approximate surface area is 207 Å². The number of hydrogen-bond donors (Lipinski definition) is 1. The van der Waals surface area contributed by atoms with Crippen LogP contribution < -0.4 is 5.32 Å². The number of carbonyl (C=O) groups excluding carboxylic acids is 1. The van der Waals surface area contributed by atoms with Gasteiger partial charge in [-0.3, -0.25) is 14.5 Å². The van der Waals surface area contributed by atoms with Crippen LogP contribution in [0, 0.1) is 13.8 Å². The minimum atomic E-state index is 0.0123. The summed E-state index contributed by atoms with van der Waals surface area (Å²) in [6, 6.07) is 15.1. The first kappa shape index (κ1) is 22.7. The van der Waals surface area contributed by atoms with Crippen molar-refractivity contribution in [2.24, 2.45) is 7.05 Å². The summed E-state index contributed by atoms with van der Waals surface area (Å²) in [6.07, 6.45) is 5.44. The SMILES string of the molecule is Cc1ccc(CC(=O)c2ccc(C)c(Nc3nc(-c4cccnc4)nc4c3cnn4C)c2)cc1Cl. The molecular formula is C27H23ClN6O. The Kier molecular flexibility index (Phi) is 6.01. The molecule has 0 fully saturated rings. The Morgan fingerprint density at radius 1 is 1.03 bits per heavy atom. The topological polar surface area (TPSA) is 85.6 Å². The van der Waals surface area contributed by atoms with Crippen molar-refractivity contribution in [3.05, 3.63) is 94.4 Å². The van der Waals surface area contributed by atoms with E-state index in [1.54, 1.807) is 23.3 Å². The fourth-order valence-electron chi connectivity index (χ4n) is 3.83. The Balaban J connectivity index is 1.49. The highest BCUT2D eigenvalue weighted by atomic mass is 35.5. The van der Waals surface area contributed by atoms with Crippen LogP contribution in [0.5, 0.6) is 0 Å². The molecule has 0 amide bonds. The molecule has 3 heterocycles. The minimum absolute atomic E-state index is 0.0123. The van der Waals surface area contributed by atoms with Crippen molar-refractivity contribution in [3.8, 4) is 11.4 Å². The lowest BCUT2D eigenvalue weighted by atomic mass is 10.0. The highest BCUT2D eigenvalue weighted by Crippen LogP contribution is 2.29. The second-order valence-corrected chi connectivity index (χ2v) is 8.89. The predicted octanol–water partition coefficient (Wildman–Crippen LogP) is 5.86. The quantitative estimate of drug-likeness (QED) is 0.305. The molecule has 5 aromatic rings. The third kappa shape index (κ3) is 4.63. The Hall–Kier alpha value is -4.10. The molecular weight excluding hydrogens is 460 g/mol. The van der Waals surface area contributed by atoms with Gasteiger partial charge in [0.1, 0.15) is 5.82 Å². The molecule has 0 spiro atoms. The van der Waals surface area contributed by atoms with Crippen molar-refractivity contribution in [2.75, 3.05) is 5.32 Å². The van der Waals surface area contributed by atoms with E-state index in [0.717, 1.165) is 33.3 Å². The van der Waals surface area contributed by atoms with Gasteiger partial charge in [-0.15, -0.1) is 0 Å². The van der Waals surface area contributed by atoms with Gasteiger partial charge in [-0.1, -0.05) is 35.9 Å². The number of carbonyl (C=O) groups is 1. The highest BCUT2D eigenvalue weighted by Gasteiger charge is 2.16. The van der Waals surface area contributed by atoms with Gasteiger partial charge in [-0.05, 0) is 54.8 Å². The summed E-state index contributed by atoms with van der Waals surface area (Å²) in [7, 11) is 1.84. The normalized spacial score (nSPS) is 11.1. The Morgan fingerprint density at radius 2 is 1.86 bits per heavy atom. The molecule has 0 atom stereocenters. The number of Topliss-reactive ketones (excluding diaryl/α,β-unsaturated/α-hetero) is 1. The molecule has 8 heteroatoms. The maximum atomic E-state index is 13.1. The lowest BCUT2D eigenvalue weighted by Gasteiger charge is -2.13. The molecule has 5 rings (SSSR count). The number of anilines is 2. The number of nitrogens with one attached hydrogen (secondary N) is 1. The zero-order valence-corrected chi connectivity index (χ0v) is 20.3. The van der Waals surface area contributed by atoms with Gasteiger partial charge in [0.2, 0.25) is 0 Å². The van der Waals surface area contributed by atoms with Gasteiger partial charge >= 0.3 is 0 Å². The molecule has 1 N–H and O–H groups in total. The molecule has 0 saturated carbocycles. The van der Waals surface area contributed by atoms with Crippen LogP contribution in [0.15, 0.2) is 67.1 Å². The van der Waals surface area contributed by atoms with Crippen LogP contribution in [0.2, 0.25) is 5.02 Å². The first-order valence-corrected chi connectivity index (χ1v) is 11.5. The molecule has 0 aliphatic carbocycles. The van der Waals surface area contributed by atoms with E-state index in [1.807, 2.05) is 69.4 Å². The van der Waals surface area contributed by atoms with E-state index in [0.29, 0.717) is 27.9 Å². The van der Waals surface area contributed by atoms with Gasteiger partial charge in [0, 0.05) is 47.7 Å². The van der Waals surface area contributed by atoms with Gasteiger partial charge in [-0.2, -0.15) is 5.10 Å². The van der Waals surface area contributed by atoms with Gasteiger partial charge in [0.05, 0.1) is 11.6 Å². The van der Waals surface area contributed by atoms with Crippen molar-refractivity contribution in [2.45, 2.75) is 20.3 Å². The monoisotopic (exact) mass is 482 g/mol. The maximum Gasteiger partial charge on any atom is 0.167 e. The average molecular weight is 483 g/mol. The Bertz CT molecular complexity index is 1560. The predicted molar refractivity (Wildman–Crippen MR) is 138 cm³/mol. The van der Waals surface area contributed by atoms with Crippen LogP contribution in [-0.4, -0.2) is 30.5 Å². The van der Waals surface area contributed by atoms with Crippen molar-refractivity contribution < 1.29 is 4.79 Å². The molecule has 0 unspecified atom stereocenters. The van der Waals surface area contributed by atoms with E-state index >= 15 is 0 Å². The highest BCUT2D eigenvalue weighted by molar-refractivity contribution is 6.31. The number of hydrogen-bond acceptors (Lipinski definition) is 6. The summed E-state index contributed by atoms with van der Waals surface area (Å²) >= 11 is 6.24. The van der Waals surface area contributed by atoms with Crippen LogP contribution in [0.1, 0.15) is 27.0 Å². The van der Waals surface area contributed by atoms with E-state index < -0.39 is 0 Å². The van der Waals surface area contributed by atoms with E-state index in [-0.39, 0.29) is 12.2 Å². The zero-order chi connectivity index (χ0) is 24.5. The van der Waals surface area contributed by atoms with Gasteiger partial charge < -0.3 is 5.32 Å². The summed E-state index contributed by atoms with van der Waals surface area (Å²) in [6.45, 7) is 3.93. The van der Waals surface area contributed by atoms with Gasteiger partial charge in [0.15, 0.2) is 17.3 Å². The largest absolute Gasteiger partial charge is 0.339 e. The third-order valence-corrected chi connectivity index (χ3v) is 6.33. The summed E-state index contributed by atoms with van der Waals surface area (Å²) in [5.41, 5.74) is 5.76. The van der Waals surface area contributed by atoms with Crippen LogP contribution >= 0.6 is 11.6 Å². The van der Waals surface area contributed by atoms with E-state index in [9.17, 15) is 4.79 Å². The van der Waals surface area contributed by atoms with Gasteiger partial charge in [0.25, 0.3) is 0 Å². The van der Waals surface area contributed by atoms with Crippen molar-refractivity contribution in [3.63, 3.8) is 0 Å². The second kappa shape index (κ2) is 9.27. The first-order chi connectivity index (χ1) is 16.9. The lowest BCUT2D eigenvalue weighted by Crippen LogP contribution is -2.06. The zero-order valence-electron chi connectivity index (χ0n) is 19.6. The standard InChI is InChI=1S/C27H23ClN6O/c1-16-6-8-18(11-22(16)28)12-24(35)19-9-7-17(2)23(13-19)31-26-21-15-30-34(3)27(21)33-25(32-26)20-5-4-10-29-14-20/h4-11,13-15H,12H2,1-3H3,(H,31,32,33). The second-order valence-electron chi connectivity index (χ2n) is 8.48. The number of pyridine rings is 1. The minimum Gasteiger partial charge on any atom is -0.339 e. The molecule has 0 aliphatic heterocycles. The lowest BCUT2D eigenvalue weighted by molar-refractivity contribution is 0.0993. The average Bonchev–Trinajstić information content (AvgIpc) is 3.24. The van der Waals surface area contributed by atoms with E-state index in [1.165, 1.54) is 0 Å². The smallest absolute Gasteiger partial charge is 0.167 e. The van der Waals surface area contributed by atoms with E-state index in [2.05, 4.69) is 20.4 Å². The van der Waals surface area contributed by atoms with Crippen LogP contribution in [0.3, 0.4) is 0 Å². The van der Waals surface area contributed by atoms with E-state index in [4.69, 9.17) is 16.6 Å².